The van der Waals surface area contributed by atoms with Gasteiger partial charge in [-0.1, -0.05) is 54.6 Å². The van der Waals surface area contributed by atoms with Crippen molar-refractivity contribution in [3.05, 3.63) is 109 Å². The lowest BCUT2D eigenvalue weighted by atomic mass is 9.97. The highest BCUT2D eigenvalue weighted by molar-refractivity contribution is 5.98. The Morgan fingerprint density at radius 2 is 1.76 bits per heavy atom. The predicted octanol–water partition coefficient (Wildman–Crippen LogP) is 5.64. The van der Waals surface area contributed by atoms with Crippen LogP contribution in [0.1, 0.15) is 11.4 Å². The minimum absolute atomic E-state index is 0.283. The fourth-order valence-corrected chi connectivity index (χ4v) is 4.34. The number of fused-ring (bicyclic) bond motifs is 3. The number of hydrogen-bond acceptors (Lipinski definition) is 5. The summed E-state index contributed by atoms with van der Waals surface area (Å²) in [5.41, 5.74) is 7.23. The molecular weight excluding hydrogens is 462 g/mol. The van der Waals surface area contributed by atoms with Crippen molar-refractivity contribution in [2.75, 3.05) is 5.32 Å². The first-order chi connectivity index (χ1) is 18.2. The van der Waals surface area contributed by atoms with Crippen molar-refractivity contribution in [1.82, 2.24) is 29.9 Å². The number of aryl methyl sites for hydroxylation is 1. The quantitative estimate of drug-likeness (QED) is 0.330. The van der Waals surface area contributed by atoms with Crippen LogP contribution in [0.15, 0.2) is 97.5 Å². The van der Waals surface area contributed by atoms with Gasteiger partial charge in [0, 0.05) is 35.5 Å². The molecule has 0 aliphatic heterocycles. The molecule has 0 saturated heterocycles. The molecule has 4 heterocycles. The number of nitrogens with one attached hydrogen (secondary N) is 2. The van der Waals surface area contributed by atoms with Crippen LogP contribution in [-0.4, -0.2) is 30.6 Å². The molecule has 180 valence electrons. The first kappa shape index (κ1) is 22.4. The van der Waals surface area contributed by atoms with E-state index in [0.29, 0.717) is 12.2 Å². The zero-order chi connectivity index (χ0) is 25.2. The standard InChI is InChI=1S/C29H23N7O/c1-19-34-35-28-25-16-24(21-6-3-2-4-7-21)27(33-26(25)13-15-36(19)28)22-11-9-20(10-12-22)17-31-29(37)32-23-8-5-14-30-18-23/h2-16,18H,17H2,1H3,(H2,31,32,37). The number of carbonyl (C=O) groups is 1. The Balaban J connectivity index is 1.32. The molecule has 2 N–H and O–H groups in total. The van der Waals surface area contributed by atoms with Crippen molar-refractivity contribution in [1.29, 1.82) is 0 Å². The zero-order valence-electron chi connectivity index (χ0n) is 20.1. The summed E-state index contributed by atoms with van der Waals surface area (Å²) >= 11 is 0. The third-order valence-corrected chi connectivity index (χ3v) is 6.23. The van der Waals surface area contributed by atoms with Crippen molar-refractivity contribution in [2.45, 2.75) is 13.5 Å². The van der Waals surface area contributed by atoms with Crippen LogP contribution in [0.2, 0.25) is 0 Å². The van der Waals surface area contributed by atoms with Gasteiger partial charge in [-0.2, -0.15) is 0 Å². The maximum atomic E-state index is 12.2. The molecule has 4 aromatic heterocycles. The molecule has 0 spiro atoms. The Morgan fingerprint density at radius 1 is 0.919 bits per heavy atom. The Bertz CT molecular complexity index is 1710. The van der Waals surface area contributed by atoms with E-state index in [1.807, 2.05) is 66.1 Å². The maximum absolute atomic E-state index is 12.2. The molecule has 2 amide bonds. The van der Waals surface area contributed by atoms with Gasteiger partial charge in [-0.25, -0.2) is 9.78 Å². The summed E-state index contributed by atoms with van der Waals surface area (Å²) in [6, 6.07) is 25.7. The SMILES string of the molecule is Cc1nnc2c3cc(-c4ccccc4)c(-c4ccc(CNC(=O)Nc5cccnc5)cc4)nc3ccn12. The second-order valence-electron chi connectivity index (χ2n) is 8.69. The number of anilines is 1. The highest BCUT2D eigenvalue weighted by Gasteiger charge is 2.15. The third-order valence-electron chi connectivity index (χ3n) is 6.23. The summed E-state index contributed by atoms with van der Waals surface area (Å²) in [5.74, 6) is 0.834. The molecule has 0 saturated carbocycles. The van der Waals surface area contributed by atoms with Gasteiger partial charge in [-0.3, -0.25) is 9.38 Å². The lowest BCUT2D eigenvalue weighted by molar-refractivity contribution is 0.251. The number of amides is 2. The van der Waals surface area contributed by atoms with E-state index in [1.54, 1.807) is 24.5 Å². The van der Waals surface area contributed by atoms with E-state index in [-0.39, 0.29) is 6.03 Å². The van der Waals surface area contributed by atoms with E-state index in [4.69, 9.17) is 4.98 Å². The van der Waals surface area contributed by atoms with E-state index >= 15 is 0 Å². The van der Waals surface area contributed by atoms with E-state index in [1.165, 1.54) is 0 Å². The van der Waals surface area contributed by atoms with E-state index in [0.717, 1.165) is 50.3 Å². The minimum atomic E-state index is -0.283. The molecule has 0 fully saturated rings. The van der Waals surface area contributed by atoms with Gasteiger partial charge in [0.05, 0.1) is 23.1 Å². The fourth-order valence-electron chi connectivity index (χ4n) is 4.34. The average molecular weight is 486 g/mol. The number of aromatic nitrogens is 5. The van der Waals surface area contributed by atoms with Crippen LogP contribution in [-0.2, 0) is 6.54 Å². The molecule has 6 rings (SSSR count). The summed E-state index contributed by atoms with van der Waals surface area (Å²) < 4.78 is 1.98. The highest BCUT2D eigenvalue weighted by atomic mass is 16.2. The van der Waals surface area contributed by atoms with Crippen molar-refractivity contribution < 1.29 is 4.79 Å². The molecule has 8 heteroatoms. The fraction of sp³-hybridized carbons (Fsp3) is 0.0690. The second kappa shape index (κ2) is 9.50. The number of pyridine rings is 3. The number of carbonyl (C=O) groups excluding carboxylic acids is 1. The monoisotopic (exact) mass is 485 g/mol. The molecule has 0 aliphatic rings. The van der Waals surface area contributed by atoms with Crippen LogP contribution in [0, 0.1) is 6.92 Å². The Morgan fingerprint density at radius 3 is 2.54 bits per heavy atom. The molecule has 8 nitrogen and oxygen atoms in total. The molecule has 2 aromatic carbocycles. The number of benzene rings is 2. The first-order valence-electron chi connectivity index (χ1n) is 11.9. The smallest absolute Gasteiger partial charge is 0.319 e. The van der Waals surface area contributed by atoms with Gasteiger partial charge in [-0.05, 0) is 42.3 Å². The Kier molecular flexibility index (Phi) is 5.74. The summed E-state index contributed by atoms with van der Waals surface area (Å²) in [5, 5.41) is 15.2. The van der Waals surface area contributed by atoms with Crippen LogP contribution in [0.5, 0.6) is 0 Å². The number of urea groups is 1. The average Bonchev–Trinajstić information content (AvgIpc) is 3.33. The van der Waals surface area contributed by atoms with Gasteiger partial charge >= 0.3 is 6.03 Å². The number of hydrogen-bond donors (Lipinski definition) is 2. The van der Waals surface area contributed by atoms with Crippen LogP contribution in [0.4, 0.5) is 10.5 Å². The summed E-state index contributed by atoms with van der Waals surface area (Å²) in [6.45, 7) is 2.33. The number of rotatable bonds is 5. The van der Waals surface area contributed by atoms with Gasteiger partial charge < -0.3 is 10.6 Å². The van der Waals surface area contributed by atoms with Crippen LogP contribution in [0.25, 0.3) is 38.9 Å². The van der Waals surface area contributed by atoms with Gasteiger partial charge in [0.25, 0.3) is 0 Å². The largest absolute Gasteiger partial charge is 0.334 e. The molecule has 0 aliphatic carbocycles. The topological polar surface area (TPSA) is 97.1 Å². The van der Waals surface area contributed by atoms with Gasteiger partial charge in [-0.15, -0.1) is 10.2 Å². The maximum Gasteiger partial charge on any atom is 0.319 e. The van der Waals surface area contributed by atoms with Crippen molar-refractivity contribution in [3.63, 3.8) is 0 Å². The van der Waals surface area contributed by atoms with Crippen LogP contribution < -0.4 is 10.6 Å². The molecule has 0 radical (unpaired) electrons. The predicted molar refractivity (Wildman–Crippen MR) is 144 cm³/mol. The van der Waals surface area contributed by atoms with Gasteiger partial charge in [0.15, 0.2) is 5.65 Å². The Hall–Kier alpha value is -5.11. The summed E-state index contributed by atoms with van der Waals surface area (Å²) in [6.07, 6.45) is 5.22. The van der Waals surface area contributed by atoms with E-state index in [2.05, 4.69) is 44.0 Å². The molecule has 0 unspecified atom stereocenters. The molecule has 0 atom stereocenters. The van der Waals surface area contributed by atoms with Crippen molar-refractivity contribution in [3.8, 4) is 22.4 Å². The lowest BCUT2D eigenvalue weighted by Crippen LogP contribution is -2.28. The summed E-state index contributed by atoms with van der Waals surface area (Å²) in [4.78, 5) is 21.3. The van der Waals surface area contributed by atoms with Gasteiger partial charge in [0.2, 0.25) is 0 Å². The van der Waals surface area contributed by atoms with Crippen molar-refractivity contribution in [2.24, 2.45) is 0 Å². The van der Waals surface area contributed by atoms with Crippen LogP contribution in [0.3, 0.4) is 0 Å². The van der Waals surface area contributed by atoms with E-state index in [9.17, 15) is 4.79 Å². The zero-order valence-corrected chi connectivity index (χ0v) is 20.1. The third kappa shape index (κ3) is 4.48. The Labute approximate surface area is 213 Å². The van der Waals surface area contributed by atoms with Gasteiger partial charge in [0.1, 0.15) is 5.82 Å². The molecule has 0 bridgehead atoms. The molecule has 37 heavy (non-hydrogen) atoms. The minimum Gasteiger partial charge on any atom is -0.334 e. The normalized spacial score (nSPS) is 11.1. The molecular formula is C29H23N7O. The lowest BCUT2D eigenvalue weighted by Gasteiger charge is -2.13. The second-order valence-corrected chi connectivity index (χ2v) is 8.69. The van der Waals surface area contributed by atoms with Crippen LogP contribution >= 0.6 is 0 Å². The highest BCUT2D eigenvalue weighted by Crippen LogP contribution is 2.34. The molecule has 6 aromatic rings. The first-order valence-corrected chi connectivity index (χ1v) is 11.9. The summed E-state index contributed by atoms with van der Waals surface area (Å²) in [7, 11) is 0. The van der Waals surface area contributed by atoms with Crippen molar-refractivity contribution >= 4 is 28.3 Å². The number of nitrogens with zero attached hydrogens (tertiary/aromatic N) is 5. The van der Waals surface area contributed by atoms with E-state index < -0.39 is 0 Å².